The van der Waals surface area contributed by atoms with Crippen molar-refractivity contribution in [3.63, 3.8) is 0 Å². The van der Waals surface area contributed by atoms with E-state index >= 15 is 0 Å². The van der Waals surface area contributed by atoms with Gasteiger partial charge in [0, 0.05) is 6.54 Å². The van der Waals surface area contributed by atoms with Gasteiger partial charge in [-0.15, -0.1) is 16.8 Å². The molecular formula is C8H12BrN3OS. The molecule has 0 saturated heterocycles. The molecule has 0 bridgehead atoms. The molecule has 6 heteroatoms. The maximum absolute atomic E-state index is 5.31. The molecule has 1 N–H and O–H groups in total. The zero-order chi connectivity index (χ0) is 10.2. The van der Waals surface area contributed by atoms with E-state index in [1.54, 1.807) is 0 Å². The molecule has 0 aliphatic rings. The molecular weight excluding hydrogens is 266 g/mol. The number of aromatic nitrogens is 2. The first-order valence-corrected chi connectivity index (χ1v) is 5.85. The average molecular weight is 278 g/mol. The number of nitrogens with zero attached hydrogens (tertiary/aromatic N) is 2. The molecule has 0 spiro atoms. The van der Waals surface area contributed by atoms with Gasteiger partial charge in [0.15, 0.2) is 3.92 Å². The molecule has 0 unspecified atom stereocenters. The molecule has 1 heterocycles. The van der Waals surface area contributed by atoms with E-state index in [9.17, 15) is 0 Å². The molecule has 0 radical (unpaired) electrons. The molecule has 0 amide bonds. The topological polar surface area (TPSA) is 47.0 Å². The van der Waals surface area contributed by atoms with E-state index in [0.717, 1.165) is 28.6 Å². The predicted octanol–water partition coefficient (Wildman–Crippen LogP) is 2.31. The van der Waals surface area contributed by atoms with Gasteiger partial charge in [0.05, 0.1) is 13.2 Å². The highest BCUT2D eigenvalue weighted by molar-refractivity contribution is 9.11. The maximum atomic E-state index is 5.31. The van der Waals surface area contributed by atoms with E-state index in [1.807, 2.05) is 6.08 Å². The largest absolute Gasteiger partial charge is 0.379 e. The van der Waals surface area contributed by atoms with Crippen LogP contribution in [0.5, 0.6) is 0 Å². The second-order valence-corrected chi connectivity index (χ2v) is 4.73. The SMILES string of the molecule is C=CCCOCCNc1nnc(Br)s1. The van der Waals surface area contributed by atoms with Gasteiger partial charge in [-0.3, -0.25) is 0 Å². The fourth-order valence-electron chi connectivity index (χ4n) is 0.776. The van der Waals surface area contributed by atoms with Crippen molar-refractivity contribution in [3.8, 4) is 0 Å². The van der Waals surface area contributed by atoms with E-state index in [1.165, 1.54) is 11.3 Å². The van der Waals surface area contributed by atoms with Gasteiger partial charge in [-0.2, -0.15) is 0 Å². The molecule has 0 aromatic carbocycles. The third kappa shape index (κ3) is 4.69. The first kappa shape index (κ1) is 11.6. The zero-order valence-corrected chi connectivity index (χ0v) is 10.1. The van der Waals surface area contributed by atoms with Crippen molar-refractivity contribution in [2.24, 2.45) is 0 Å². The fraction of sp³-hybridized carbons (Fsp3) is 0.500. The molecule has 0 atom stereocenters. The number of ether oxygens (including phenoxy) is 1. The summed E-state index contributed by atoms with van der Waals surface area (Å²) in [6.07, 6.45) is 2.74. The predicted molar refractivity (Wildman–Crippen MR) is 61.7 cm³/mol. The van der Waals surface area contributed by atoms with Gasteiger partial charge in [0.1, 0.15) is 0 Å². The minimum absolute atomic E-state index is 0.672. The second-order valence-electron chi connectivity index (χ2n) is 2.48. The van der Waals surface area contributed by atoms with Gasteiger partial charge in [0.2, 0.25) is 5.13 Å². The Morgan fingerprint density at radius 3 is 3.00 bits per heavy atom. The van der Waals surface area contributed by atoms with Crippen LogP contribution in [0.3, 0.4) is 0 Å². The summed E-state index contributed by atoms with van der Waals surface area (Å²) in [6.45, 7) is 5.76. The van der Waals surface area contributed by atoms with E-state index in [2.05, 4.69) is 38.0 Å². The Labute approximate surface area is 95.5 Å². The van der Waals surface area contributed by atoms with E-state index in [4.69, 9.17) is 4.74 Å². The molecule has 1 aromatic rings. The van der Waals surface area contributed by atoms with Crippen LogP contribution in [0.4, 0.5) is 5.13 Å². The van der Waals surface area contributed by atoms with Crippen LogP contribution in [0, 0.1) is 0 Å². The summed E-state index contributed by atoms with van der Waals surface area (Å²) in [5.41, 5.74) is 0. The number of hydrogen-bond acceptors (Lipinski definition) is 5. The lowest BCUT2D eigenvalue weighted by molar-refractivity contribution is 0.149. The molecule has 1 aromatic heterocycles. The summed E-state index contributed by atoms with van der Waals surface area (Å²) in [5, 5.41) is 11.6. The van der Waals surface area contributed by atoms with Crippen molar-refractivity contribution in [3.05, 3.63) is 16.6 Å². The van der Waals surface area contributed by atoms with Crippen LogP contribution < -0.4 is 5.32 Å². The Morgan fingerprint density at radius 1 is 1.50 bits per heavy atom. The first-order valence-electron chi connectivity index (χ1n) is 4.24. The summed E-state index contributed by atoms with van der Waals surface area (Å²) in [5.74, 6) is 0. The highest BCUT2D eigenvalue weighted by Gasteiger charge is 1.98. The first-order chi connectivity index (χ1) is 6.83. The molecule has 0 aliphatic heterocycles. The van der Waals surface area contributed by atoms with Crippen molar-refractivity contribution in [1.29, 1.82) is 0 Å². The van der Waals surface area contributed by atoms with Crippen molar-refractivity contribution < 1.29 is 4.74 Å². The van der Waals surface area contributed by atoms with Gasteiger partial charge in [-0.25, -0.2) is 0 Å². The lowest BCUT2D eigenvalue weighted by atomic mass is 10.5. The van der Waals surface area contributed by atoms with Crippen molar-refractivity contribution in [2.45, 2.75) is 6.42 Å². The number of nitrogens with one attached hydrogen (secondary N) is 1. The molecule has 78 valence electrons. The molecule has 4 nitrogen and oxygen atoms in total. The van der Waals surface area contributed by atoms with Gasteiger partial charge < -0.3 is 10.1 Å². The van der Waals surface area contributed by atoms with E-state index < -0.39 is 0 Å². The highest BCUT2D eigenvalue weighted by Crippen LogP contribution is 2.19. The number of halogens is 1. The van der Waals surface area contributed by atoms with Crippen molar-refractivity contribution in [1.82, 2.24) is 10.2 Å². The zero-order valence-electron chi connectivity index (χ0n) is 7.70. The van der Waals surface area contributed by atoms with Crippen LogP contribution in [0.25, 0.3) is 0 Å². The highest BCUT2D eigenvalue weighted by atomic mass is 79.9. The third-order valence-electron chi connectivity index (χ3n) is 1.39. The summed E-state index contributed by atoms with van der Waals surface area (Å²) in [4.78, 5) is 0. The van der Waals surface area contributed by atoms with Gasteiger partial charge in [-0.05, 0) is 22.4 Å². The van der Waals surface area contributed by atoms with Crippen LogP contribution in [0.2, 0.25) is 0 Å². The van der Waals surface area contributed by atoms with E-state index in [-0.39, 0.29) is 0 Å². The monoisotopic (exact) mass is 277 g/mol. The molecule has 1 rings (SSSR count). The van der Waals surface area contributed by atoms with Gasteiger partial charge >= 0.3 is 0 Å². The summed E-state index contributed by atoms with van der Waals surface area (Å²) >= 11 is 4.71. The smallest absolute Gasteiger partial charge is 0.206 e. The normalized spacial score (nSPS) is 10.1. The third-order valence-corrected chi connectivity index (χ3v) is 2.70. The molecule has 0 aliphatic carbocycles. The fourth-order valence-corrected chi connectivity index (χ4v) is 1.81. The Balaban J connectivity index is 2.01. The van der Waals surface area contributed by atoms with Crippen molar-refractivity contribution in [2.75, 3.05) is 25.1 Å². The van der Waals surface area contributed by atoms with Crippen LogP contribution in [-0.4, -0.2) is 30.0 Å². The number of hydrogen-bond donors (Lipinski definition) is 1. The van der Waals surface area contributed by atoms with E-state index in [0.29, 0.717) is 6.61 Å². The molecule has 0 fully saturated rings. The van der Waals surface area contributed by atoms with Gasteiger partial charge in [-0.1, -0.05) is 17.4 Å². The second kappa shape index (κ2) is 6.92. The molecule has 0 saturated carbocycles. The minimum atomic E-state index is 0.672. The van der Waals surface area contributed by atoms with Gasteiger partial charge in [0.25, 0.3) is 0 Å². The standard InChI is InChI=1S/C8H12BrN3OS/c1-2-3-5-13-6-4-10-8-12-11-7(9)14-8/h2H,1,3-6H2,(H,10,12). The number of rotatable bonds is 7. The Morgan fingerprint density at radius 2 is 2.36 bits per heavy atom. The maximum Gasteiger partial charge on any atom is 0.206 e. The van der Waals surface area contributed by atoms with Crippen molar-refractivity contribution >= 4 is 32.4 Å². The van der Waals surface area contributed by atoms with Crippen LogP contribution in [0.15, 0.2) is 16.6 Å². The Kier molecular flexibility index (Phi) is 5.74. The average Bonchev–Trinajstić information content (AvgIpc) is 2.58. The minimum Gasteiger partial charge on any atom is -0.379 e. The Hall–Kier alpha value is -0.460. The van der Waals surface area contributed by atoms with Crippen LogP contribution in [0.1, 0.15) is 6.42 Å². The summed E-state index contributed by atoms with van der Waals surface area (Å²) < 4.78 is 6.10. The number of anilines is 1. The lowest BCUT2D eigenvalue weighted by Gasteiger charge is -2.02. The lowest BCUT2D eigenvalue weighted by Crippen LogP contribution is -2.09. The quantitative estimate of drug-likeness (QED) is 0.614. The Bertz CT molecular complexity index is 279. The summed E-state index contributed by atoms with van der Waals surface area (Å²) in [6, 6.07) is 0. The van der Waals surface area contributed by atoms with Crippen LogP contribution in [-0.2, 0) is 4.74 Å². The molecule has 14 heavy (non-hydrogen) atoms. The summed E-state index contributed by atoms with van der Waals surface area (Å²) in [7, 11) is 0. The van der Waals surface area contributed by atoms with Crippen LogP contribution >= 0.6 is 27.3 Å².